The van der Waals surface area contributed by atoms with Crippen molar-refractivity contribution in [1.82, 2.24) is 15.1 Å². The molecule has 2 rings (SSSR count). The normalized spacial score (nSPS) is 17.9. The first kappa shape index (κ1) is 19.4. The van der Waals surface area contributed by atoms with Gasteiger partial charge >= 0.3 is 0 Å². The molecule has 1 atom stereocenters. The predicted molar refractivity (Wildman–Crippen MR) is 100.0 cm³/mol. The molecule has 1 aliphatic heterocycles. The molecular formula is C20H31N3O2. The Kier molecular flexibility index (Phi) is 7.92. The molecule has 5 heteroatoms. The van der Waals surface area contributed by atoms with E-state index >= 15 is 0 Å². The lowest BCUT2D eigenvalue weighted by atomic mass is 9.96. The summed E-state index contributed by atoms with van der Waals surface area (Å²) in [5.74, 6) is 0.228. The lowest BCUT2D eigenvalue weighted by Crippen LogP contribution is -2.43. The fourth-order valence-corrected chi connectivity index (χ4v) is 3.43. The summed E-state index contributed by atoms with van der Waals surface area (Å²) in [5, 5.41) is 2.96. The van der Waals surface area contributed by atoms with Crippen molar-refractivity contribution in [3.8, 4) is 0 Å². The Morgan fingerprint density at radius 3 is 2.60 bits per heavy atom. The van der Waals surface area contributed by atoms with Gasteiger partial charge < -0.3 is 10.2 Å². The molecule has 2 amide bonds. The van der Waals surface area contributed by atoms with E-state index in [9.17, 15) is 9.59 Å². The molecule has 138 valence electrons. The van der Waals surface area contributed by atoms with E-state index in [0.717, 1.165) is 45.6 Å². The Morgan fingerprint density at radius 1 is 1.20 bits per heavy atom. The highest BCUT2D eigenvalue weighted by atomic mass is 16.2. The van der Waals surface area contributed by atoms with Gasteiger partial charge in [0, 0.05) is 39.1 Å². The van der Waals surface area contributed by atoms with Crippen molar-refractivity contribution in [3.63, 3.8) is 0 Å². The number of likely N-dealkylation sites (tertiary alicyclic amines) is 1. The number of hydrogen-bond donors (Lipinski definition) is 1. The third-order valence-corrected chi connectivity index (χ3v) is 4.88. The number of amides is 2. The van der Waals surface area contributed by atoms with Gasteiger partial charge in [0.25, 0.3) is 0 Å². The van der Waals surface area contributed by atoms with Crippen molar-refractivity contribution >= 4 is 11.8 Å². The maximum absolute atomic E-state index is 12.4. The van der Waals surface area contributed by atoms with Crippen molar-refractivity contribution in [2.45, 2.75) is 39.7 Å². The van der Waals surface area contributed by atoms with E-state index in [0.29, 0.717) is 13.0 Å². The van der Waals surface area contributed by atoms with Crippen LogP contribution in [0.1, 0.15) is 38.7 Å². The van der Waals surface area contributed by atoms with E-state index in [1.54, 1.807) is 4.90 Å². The maximum atomic E-state index is 12.4. The summed E-state index contributed by atoms with van der Waals surface area (Å²) in [6, 6.07) is 10.4. The zero-order valence-corrected chi connectivity index (χ0v) is 15.5. The molecule has 0 spiro atoms. The monoisotopic (exact) mass is 345 g/mol. The zero-order chi connectivity index (χ0) is 18.1. The highest BCUT2D eigenvalue weighted by molar-refractivity contribution is 5.80. The Labute approximate surface area is 151 Å². The minimum Gasteiger partial charge on any atom is -0.355 e. The van der Waals surface area contributed by atoms with Gasteiger partial charge in [0.1, 0.15) is 0 Å². The van der Waals surface area contributed by atoms with Crippen LogP contribution < -0.4 is 5.32 Å². The Bertz CT molecular complexity index is 543. The average Bonchev–Trinajstić information content (AvgIpc) is 2.64. The second-order valence-electron chi connectivity index (χ2n) is 6.67. The first-order valence-electron chi connectivity index (χ1n) is 9.45. The molecule has 0 bridgehead atoms. The molecule has 1 heterocycles. The molecular weight excluding hydrogens is 314 g/mol. The molecule has 1 saturated heterocycles. The third kappa shape index (κ3) is 6.16. The molecule has 25 heavy (non-hydrogen) atoms. The minimum atomic E-state index is 0.0287. The van der Waals surface area contributed by atoms with E-state index in [4.69, 9.17) is 0 Å². The van der Waals surface area contributed by atoms with Crippen LogP contribution in [0, 0.1) is 5.92 Å². The standard InChI is InChI=1S/C20H31N3O2/c1-3-23(4-2)19(24)12-13-21-20(25)18-11-8-14-22(16-18)15-17-9-6-5-7-10-17/h5-7,9-10,18H,3-4,8,11-16H2,1-2H3,(H,21,25)/t18-/m1/s1. The van der Waals surface area contributed by atoms with Gasteiger partial charge in [0.15, 0.2) is 0 Å². The van der Waals surface area contributed by atoms with E-state index in [1.165, 1.54) is 5.56 Å². The number of rotatable bonds is 8. The predicted octanol–water partition coefficient (Wildman–Crippen LogP) is 2.27. The van der Waals surface area contributed by atoms with Crippen LogP contribution in [0.25, 0.3) is 0 Å². The summed E-state index contributed by atoms with van der Waals surface area (Å²) < 4.78 is 0. The number of benzene rings is 1. The lowest BCUT2D eigenvalue weighted by molar-refractivity contribution is -0.131. The number of carbonyl (C=O) groups is 2. The second kappa shape index (κ2) is 10.2. The second-order valence-corrected chi connectivity index (χ2v) is 6.67. The van der Waals surface area contributed by atoms with Gasteiger partial charge in [-0.1, -0.05) is 30.3 Å². The molecule has 1 aromatic carbocycles. The number of carbonyl (C=O) groups excluding carboxylic acids is 2. The molecule has 0 unspecified atom stereocenters. The highest BCUT2D eigenvalue weighted by Crippen LogP contribution is 2.18. The molecule has 0 aromatic heterocycles. The molecule has 0 aliphatic carbocycles. The van der Waals surface area contributed by atoms with Crippen LogP contribution in [0.5, 0.6) is 0 Å². The van der Waals surface area contributed by atoms with Crippen molar-refractivity contribution in [2.75, 3.05) is 32.7 Å². The van der Waals surface area contributed by atoms with E-state index in [-0.39, 0.29) is 17.7 Å². The summed E-state index contributed by atoms with van der Waals surface area (Å²) in [4.78, 5) is 28.6. The summed E-state index contributed by atoms with van der Waals surface area (Å²) in [6.45, 7) is 8.56. The largest absolute Gasteiger partial charge is 0.355 e. The van der Waals surface area contributed by atoms with Gasteiger partial charge in [-0.3, -0.25) is 14.5 Å². The summed E-state index contributed by atoms with van der Waals surface area (Å²) in [5.41, 5.74) is 1.29. The Hall–Kier alpha value is -1.88. The Balaban J connectivity index is 1.74. The molecule has 5 nitrogen and oxygen atoms in total. The van der Waals surface area contributed by atoms with Gasteiger partial charge in [0.05, 0.1) is 5.92 Å². The van der Waals surface area contributed by atoms with Crippen LogP contribution in [0.2, 0.25) is 0 Å². The van der Waals surface area contributed by atoms with Crippen molar-refractivity contribution in [1.29, 1.82) is 0 Å². The van der Waals surface area contributed by atoms with Gasteiger partial charge in [-0.25, -0.2) is 0 Å². The van der Waals surface area contributed by atoms with Gasteiger partial charge in [0.2, 0.25) is 11.8 Å². The molecule has 0 saturated carbocycles. The first-order chi connectivity index (χ1) is 12.1. The van der Waals surface area contributed by atoms with Crippen LogP contribution in [0.4, 0.5) is 0 Å². The van der Waals surface area contributed by atoms with Crippen LogP contribution in [-0.4, -0.2) is 54.3 Å². The van der Waals surface area contributed by atoms with Gasteiger partial charge in [-0.2, -0.15) is 0 Å². The van der Waals surface area contributed by atoms with Crippen molar-refractivity contribution < 1.29 is 9.59 Å². The minimum absolute atomic E-state index is 0.0287. The average molecular weight is 345 g/mol. The molecule has 1 aromatic rings. The van der Waals surface area contributed by atoms with Crippen LogP contribution in [0.15, 0.2) is 30.3 Å². The zero-order valence-electron chi connectivity index (χ0n) is 15.5. The molecule has 1 N–H and O–H groups in total. The Morgan fingerprint density at radius 2 is 1.92 bits per heavy atom. The smallest absolute Gasteiger partial charge is 0.224 e. The van der Waals surface area contributed by atoms with Crippen LogP contribution in [-0.2, 0) is 16.1 Å². The summed E-state index contributed by atoms with van der Waals surface area (Å²) >= 11 is 0. The number of nitrogens with one attached hydrogen (secondary N) is 1. The molecule has 1 aliphatic rings. The fourth-order valence-electron chi connectivity index (χ4n) is 3.43. The fraction of sp³-hybridized carbons (Fsp3) is 0.600. The number of hydrogen-bond acceptors (Lipinski definition) is 3. The first-order valence-corrected chi connectivity index (χ1v) is 9.45. The maximum Gasteiger partial charge on any atom is 0.224 e. The van der Waals surface area contributed by atoms with Crippen LogP contribution >= 0.6 is 0 Å². The van der Waals surface area contributed by atoms with Gasteiger partial charge in [-0.05, 0) is 38.8 Å². The van der Waals surface area contributed by atoms with Crippen molar-refractivity contribution in [3.05, 3.63) is 35.9 Å². The van der Waals surface area contributed by atoms with E-state index < -0.39 is 0 Å². The van der Waals surface area contributed by atoms with Crippen LogP contribution in [0.3, 0.4) is 0 Å². The number of nitrogens with zero attached hydrogens (tertiary/aromatic N) is 2. The number of piperidine rings is 1. The summed E-state index contributed by atoms with van der Waals surface area (Å²) in [7, 11) is 0. The van der Waals surface area contributed by atoms with Crippen molar-refractivity contribution in [2.24, 2.45) is 5.92 Å². The summed E-state index contributed by atoms with van der Waals surface area (Å²) in [6.07, 6.45) is 2.36. The molecule has 0 radical (unpaired) electrons. The topological polar surface area (TPSA) is 52.7 Å². The highest BCUT2D eigenvalue weighted by Gasteiger charge is 2.25. The van der Waals surface area contributed by atoms with E-state index in [1.807, 2.05) is 19.9 Å². The van der Waals surface area contributed by atoms with Gasteiger partial charge in [-0.15, -0.1) is 0 Å². The molecule has 1 fully saturated rings. The lowest BCUT2D eigenvalue weighted by Gasteiger charge is -2.32. The third-order valence-electron chi connectivity index (χ3n) is 4.88. The van der Waals surface area contributed by atoms with E-state index in [2.05, 4.69) is 34.5 Å². The quantitative estimate of drug-likeness (QED) is 0.786. The SMILES string of the molecule is CCN(CC)C(=O)CCNC(=O)[C@@H]1CCCN(Cc2ccccc2)C1.